The second kappa shape index (κ2) is 9.58. The van der Waals surface area contributed by atoms with Gasteiger partial charge in [-0.3, -0.25) is 0 Å². The molecule has 0 aromatic rings. The molecule has 0 heterocycles. The maximum atomic E-state index is 2.39. The molecule has 0 aromatic heterocycles. The molecule has 0 spiro atoms. The van der Waals surface area contributed by atoms with E-state index in [4.69, 9.17) is 0 Å². The normalized spacial score (nSPS) is 10.9. The monoisotopic (exact) mass is 341 g/mol. The van der Waals surface area contributed by atoms with E-state index >= 15 is 0 Å². The van der Waals surface area contributed by atoms with E-state index in [1.807, 2.05) is 0 Å². The molecule has 0 fully saturated rings. The Morgan fingerprint density at radius 1 is 0.643 bits per heavy atom. The Kier molecular flexibility index (Phi) is 12.1. The molecule has 0 rings (SSSR count). The SMILES string of the molecule is Br.CC(C)[CH2][Zr]([CH2]C(C)C)[CH2]C(C)C. The van der Waals surface area contributed by atoms with Crippen LogP contribution in [0.5, 0.6) is 0 Å². The first-order chi connectivity index (χ1) is 5.91. The van der Waals surface area contributed by atoms with Crippen molar-refractivity contribution >= 4 is 17.0 Å². The van der Waals surface area contributed by atoms with E-state index in [9.17, 15) is 0 Å². The molecule has 87 valence electrons. The van der Waals surface area contributed by atoms with Crippen molar-refractivity contribution in [3.8, 4) is 0 Å². The summed E-state index contributed by atoms with van der Waals surface area (Å²) in [6.07, 6.45) is 0. The van der Waals surface area contributed by atoms with Gasteiger partial charge in [0.25, 0.3) is 0 Å². The molecule has 0 saturated carbocycles. The molecule has 0 N–H and O–H groups in total. The van der Waals surface area contributed by atoms with Crippen LogP contribution in [0.25, 0.3) is 0 Å². The molecule has 0 atom stereocenters. The Hall–Kier alpha value is 1.36. The van der Waals surface area contributed by atoms with Crippen LogP contribution in [0.1, 0.15) is 41.5 Å². The van der Waals surface area contributed by atoms with E-state index in [2.05, 4.69) is 41.5 Å². The summed E-state index contributed by atoms with van der Waals surface area (Å²) in [5, 5.41) is 0. The van der Waals surface area contributed by atoms with Crippen molar-refractivity contribution in [2.24, 2.45) is 17.8 Å². The summed E-state index contributed by atoms with van der Waals surface area (Å²) in [4.78, 5) is 0. The molecule has 0 aromatic carbocycles. The molecule has 0 saturated heterocycles. The summed E-state index contributed by atoms with van der Waals surface area (Å²) in [7, 11) is 0. The molecule has 0 unspecified atom stereocenters. The number of hydrogen-bond donors (Lipinski definition) is 0. The Labute approximate surface area is 110 Å². The zero-order valence-corrected chi connectivity index (χ0v) is 14.9. The molecule has 0 aliphatic carbocycles. The predicted octanol–water partition coefficient (Wildman–Crippen LogP) is 5.41. The van der Waals surface area contributed by atoms with Crippen molar-refractivity contribution in [2.45, 2.75) is 53.9 Å². The summed E-state index contributed by atoms with van der Waals surface area (Å²) in [5.74, 6) is 2.85. The van der Waals surface area contributed by atoms with Crippen molar-refractivity contribution in [1.29, 1.82) is 0 Å². The van der Waals surface area contributed by atoms with Gasteiger partial charge in [0.1, 0.15) is 0 Å². The van der Waals surface area contributed by atoms with Gasteiger partial charge in [0, 0.05) is 0 Å². The van der Waals surface area contributed by atoms with Gasteiger partial charge in [0.05, 0.1) is 0 Å². The summed E-state index contributed by atoms with van der Waals surface area (Å²) in [6, 6.07) is 0. The number of rotatable bonds is 6. The molecule has 14 heavy (non-hydrogen) atoms. The summed E-state index contributed by atoms with van der Waals surface area (Å²) < 4.78 is 4.83. The van der Waals surface area contributed by atoms with Gasteiger partial charge in [-0.1, -0.05) is 0 Å². The van der Waals surface area contributed by atoms with E-state index in [0.717, 1.165) is 17.8 Å². The Morgan fingerprint density at radius 2 is 0.857 bits per heavy atom. The third-order valence-electron chi connectivity index (χ3n) is 2.09. The van der Waals surface area contributed by atoms with Crippen molar-refractivity contribution in [3.63, 3.8) is 0 Å². The molecule has 0 amide bonds. The molecule has 0 aliphatic rings. The molecule has 0 nitrogen and oxygen atoms in total. The van der Waals surface area contributed by atoms with Crippen LogP contribution in [0.15, 0.2) is 0 Å². The van der Waals surface area contributed by atoms with Gasteiger partial charge in [-0.05, 0) is 0 Å². The van der Waals surface area contributed by atoms with Gasteiger partial charge in [0.2, 0.25) is 0 Å². The second-order valence-electron chi connectivity index (χ2n) is 5.54. The zero-order chi connectivity index (χ0) is 10.4. The van der Waals surface area contributed by atoms with Crippen molar-refractivity contribution in [1.82, 2.24) is 0 Å². The topological polar surface area (TPSA) is 0 Å². The average molecular weight is 343 g/mol. The summed E-state index contributed by atoms with van der Waals surface area (Å²) in [5.41, 5.74) is 0. The minimum absolute atomic E-state index is 0. The maximum absolute atomic E-state index is 2.39. The van der Waals surface area contributed by atoms with E-state index in [0.29, 0.717) is 0 Å². The molecular weight excluding hydrogens is 315 g/mol. The van der Waals surface area contributed by atoms with Gasteiger partial charge in [-0.2, -0.15) is 0 Å². The fraction of sp³-hybridized carbons (Fsp3) is 1.00. The molecule has 0 aliphatic heterocycles. The summed E-state index contributed by atoms with van der Waals surface area (Å²) in [6.45, 7) is 14.3. The molecule has 2 heteroatoms. The average Bonchev–Trinajstić information content (AvgIpc) is 1.80. The van der Waals surface area contributed by atoms with E-state index in [-0.39, 0.29) is 17.0 Å². The van der Waals surface area contributed by atoms with Crippen LogP contribution in [0.2, 0.25) is 12.4 Å². The van der Waals surface area contributed by atoms with Gasteiger partial charge in [-0.15, -0.1) is 17.0 Å². The van der Waals surface area contributed by atoms with Crippen molar-refractivity contribution in [3.05, 3.63) is 0 Å². The first-order valence-electron chi connectivity index (χ1n) is 5.75. The first kappa shape index (κ1) is 17.7. The third-order valence-corrected chi connectivity index (χ3v) is 12.4. The van der Waals surface area contributed by atoms with E-state index in [1.54, 1.807) is 12.4 Å². The standard InChI is InChI=1S/3C4H9.BrH.Zr/c3*1-4(2)3;;/h3*4H,1H2,2-3H3;1H;. The number of hydrogen-bond acceptors (Lipinski definition) is 0. The van der Waals surface area contributed by atoms with E-state index in [1.165, 1.54) is 0 Å². The van der Waals surface area contributed by atoms with Crippen LogP contribution < -0.4 is 0 Å². The van der Waals surface area contributed by atoms with Gasteiger partial charge in [0.15, 0.2) is 0 Å². The van der Waals surface area contributed by atoms with Crippen LogP contribution in [0, 0.1) is 17.8 Å². The van der Waals surface area contributed by atoms with Gasteiger partial charge in [-0.25, -0.2) is 0 Å². The molecule has 0 radical (unpaired) electrons. The Bertz CT molecular complexity index is 97.7. The van der Waals surface area contributed by atoms with Crippen LogP contribution in [0.4, 0.5) is 0 Å². The van der Waals surface area contributed by atoms with Crippen LogP contribution >= 0.6 is 17.0 Å². The quantitative estimate of drug-likeness (QED) is 0.605. The third kappa shape index (κ3) is 11.4. The Morgan fingerprint density at radius 3 is 1.00 bits per heavy atom. The van der Waals surface area contributed by atoms with Crippen LogP contribution in [0.3, 0.4) is 0 Å². The fourth-order valence-electron chi connectivity index (χ4n) is 1.98. The van der Waals surface area contributed by atoms with E-state index < -0.39 is 21.8 Å². The fourth-order valence-corrected chi connectivity index (χ4v) is 11.7. The van der Waals surface area contributed by atoms with Crippen molar-refractivity contribution < 1.29 is 21.8 Å². The van der Waals surface area contributed by atoms with Gasteiger partial charge >= 0.3 is 93.4 Å². The predicted molar refractivity (Wildman–Crippen MR) is 69.3 cm³/mol. The summed E-state index contributed by atoms with van der Waals surface area (Å²) >= 11 is -0.976. The van der Waals surface area contributed by atoms with Crippen LogP contribution in [-0.2, 0) is 21.8 Å². The number of halogens is 1. The Balaban J connectivity index is 0. The zero-order valence-electron chi connectivity index (χ0n) is 10.8. The van der Waals surface area contributed by atoms with Crippen LogP contribution in [-0.4, -0.2) is 0 Å². The molecule has 0 bridgehead atoms. The molecular formula is C12H28BrZr. The minimum atomic E-state index is -0.976. The van der Waals surface area contributed by atoms with Gasteiger partial charge < -0.3 is 0 Å². The first-order valence-corrected chi connectivity index (χ1v) is 11.0. The second-order valence-corrected chi connectivity index (χ2v) is 12.2. The van der Waals surface area contributed by atoms with Crippen molar-refractivity contribution in [2.75, 3.05) is 0 Å².